The number of carbonyl (C=O) groups is 2. The monoisotopic (exact) mass is 630 g/mol. The van der Waals surface area contributed by atoms with Gasteiger partial charge < -0.3 is 15.3 Å². The molecule has 8 atom stereocenters. The maximum Gasteiger partial charge on any atom is 0.335 e. The van der Waals surface area contributed by atoms with Gasteiger partial charge in [0.25, 0.3) is 0 Å². The Morgan fingerprint density at radius 2 is 1.37 bits per heavy atom. The van der Waals surface area contributed by atoms with E-state index in [1.165, 1.54) is 57.8 Å². The summed E-state index contributed by atoms with van der Waals surface area (Å²) >= 11 is 0. The molecular formula is C41H58O5. The quantitative estimate of drug-likeness (QED) is 0.265. The van der Waals surface area contributed by atoms with Crippen LogP contribution in [0, 0.1) is 46.3 Å². The number of rotatable bonds is 7. The number of hydrogen-bond acceptors (Lipinski definition) is 3. The maximum atomic E-state index is 10.2. The summed E-state index contributed by atoms with van der Waals surface area (Å²) in [5.74, 6) is 3.70. The molecule has 0 radical (unpaired) electrons. The number of aliphatic hydroxyl groups is 1. The SMILES string of the molecule is CC(C)CCCC(C)[C@H]1CC[C@H]2[C@@H]3CC=C4C[C@@H](O)CC[C@]4(C)[C@H]3CC[C@]12C.O=C(O)c1ccccc1.O=C(O)c1ccccc1. The van der Waals surface area contributed by atoms with Crippen LogP contribution in [0.2, 0.25) is 0 Å². The Balaban J connectivity index is 0.000000216. The Hall–Kier alpha value is -2.92. The van der Waals surface area contributed by atoms with Gasteiger partial charge in [-0.3, -0.25) is 0 Å². The number of carboxylic acids is 2. The number of aliphatic hydroxyl groups excluding tert-OH is 1. The van der Waals surface area contributed by atoms with Crippen LogP contribution in [0.5, 0.6) is 0 Å². The molecule has 0 bridgehead atoms. The van der Waals surface area contributed by atoms with Gasteiger partial charge in [0, 0.05) is 0 Å². The van der Waals surface area contributed by atoms with E-state index in [1.807, 2.05) is 0 Å². The van der Waals surface area contributed by atoms with Crippen molar-refractivity contribution in [2.24, 2.45) is 46.3 Å². The molecule has 0 amide bonds. The van der Waals surface area contributed by atoms with Crippen molar-refractivity contribution < 1.29 is 24.9 Å². The molecule has 5 heteroatoms. The Kier molecular flexibility index (Phi) is 12.3. The molecule has 4 aliphatic rings. The van der Waals surface area contributed by atoms with E-state index in [1.54, 1.807) is 66.2 Å². The topological polar surface area (TPSA) is 94.8 Å². The number of carboxylic acid groups (broad SMARTS) is 2. The molecule has 3 fully saturated rings. The highest BCUT2D eigenvalue weighted by Crippen LogP contribution is 2.67. The minimum absolute atomic E-state index is 0.0766. The van der Waals surface area contributed by atoms with Crippen LogP contribution in [0.3, 0.4) is 0 Å². The normalized spacial score (nSPS) is 31.8. The lowest BCUT2D eigenvalue weighted by Crippen LogP contribution is -2.50. The third-order valence-electron chi connectivity index (χ3n) is 12.3. The van der Waals surface area contributed by atoms with Gasteiger partial charge >= 0.3 is 11.9 Å². The van der Waals surface area contributed by atoms with E-state index in [2.05, 4.69) is 40.7 Å². The summed E-state index contributed by atoms with van der Waals surface area (Å²) in [6.07, 6.45) is 17.2. The molecule has 1 unspecified atom stereocenters. The first kappa shape index (κ1) is 35.9. The van der Waals surface area contributed by atoms with E-state index in [9.17, 15) is 14.7 Å². The van der Waals surface area contributed by atoms with Crippen molar-refractivity contribution in [2.75, 3.05) is 0 Å². The predicted molar refractivity (Wildman–Crippen MR) is 186 cm³/mol. The largest absolute Gasteiger partial charge is 0.478 e. The minimum Gasteiger partial charge on any atom is -0.478 e. The molecule has 0 spiro atoms. The van der Waals surface area contributed by atoms with Crippen molar-refractivity contribution >= 4 is 11.9 Å². The van der Waals surface area contributed by atoms with Gasteiger partial charge in [0.15, 0.2) is 0 Å². The first-order chi connectivity index (χ1) is 21.9. The zero-order valence-electron chi connectivity index (χ0n) is 28.8. The molecule has 46 heavy (non-hydrogen) atoms. The van der Waals surface area contributed by atoms with E-state index in [0.29, 0.717) is 22.0 Å². The molecular weight excluding hydrogens is 572 g/mol. The van der Waals surface area contributed by atoms with Crippen LogP contribution >= 0.6 is 0 Å². The molecule has 5 nitrogen and oxygen atoms in total. The number of fused-ring (bicyclic) bond motifs is 5. The van der Waals surface area contributed by atoms with Crippen molar-refractivity contribution in [1.82, 2.24) is 0 Å². The van der Waals surface area contributed by atoms with Crippen molar-refractivity contribution in [3.63, 3.8) is 0 Å². The smallest absolute Gasteiger partial charge is 0.335 e. The van der Waals surface area contributed by atoms with E-state index >= 15 is 0 Å². The number of aromatic carboxylic acids is 2. The van der Waals surface area contributed by atoms with E-state index < -0.39 is 11.9 Å². The first-order valence-electron chi connectivity index (χ1n) is 17.8. The lowest BCUT2D eigenvalue weighted by atomic mass is 9.47. The fourth-order valence-electron chi connectivity index (χ4n) is 9.83. The Morgan fingerprint density at radius 3 is 1.89 bits per heavy atom. The molecule has 252 valence electrons. The highest BCUT2D eigenvalue weighted by Gasteiger charge is 2.59. The van der Waals surface area contributed by atoms with Gasteiger partial charge in [-0.25, -0.2) is 9.59 Å². The Morgan fingerprint density at radius 1 is 0.783 bits per heavy atom. The summed E-state index contributed by atoms with van der Waals surface area (Å²) in [7, 11) is 0. The second kappa shape index (κ2) is 15.8. The average Bonchev–Trinajstić information content (AvgIpc) is 3.40. The lowest BCUT2D eigenvalue weighted by Gasteiger charge is -2.58. The molecule has 0 heterocycles. The van der Waals surface area contributed by atoms with E-state index in [-0.39, 0.29) is 6.10 Å². The van der Waals surface area contributed by atoms with Crippen molar-refractivity contribution in [1.29, 1.82) is 0 Å². The lowest BCUT2D eigenvalue weighted by molar-refractivity contribution is -0.0573. The molecule has 2 aromatic carbocycles. The van der Waals surface area contributed by atoms with Gasteiger partial charge in [0.2, 0.25) is 0 Å². The third-order valence-corrected chi connectivity index (χ3v) is 12.3. The van der Waals surface area contributed by atoms with Crippen molar-refractivity contribution in [3.8, 4) is 0 Å². The van der Waals surface area contributed by atoms with Crippen molar-refractivity contribution in [2.45, 2.75) is 111 Å². The predicted octanol–water partition coefficient (Wildman–Crippen LogP) is 10.2. The zero-order valence-corrected chi connectivity index (χ0v) is 28.8. The van der Waals surface area contributed by atoms with Crippen LogP contribution in [0.25, 0.3) is 0 Å². The van der Waals surface area contributed by atoms with Gasteiger partial charge in [-0.15, -0.1) is 0 Å². The number of hydrogen-bond donors (Lipinski definition) is 3. The molecule has 0 aromatic heterocycles. The standard InChI is InChI=1S/C27H46O.2C7H6O2/c1-18(2)7-6-8-19(3)23-11-12-24-22-10-9-20-17-21(28)13-15-26(20,4)25(22)14-16-27(23,24)5;2*8-7(9)6-4-2-1-3-5-6/h9,18-19,21-25,28H,6-8,10-17H2,1-5H3;2*1-5H,(H,8,9)/t19?,21-,22-,23+,24-,25-,26-,27+;;/m0../s1. The molecule has 3 saturated carbocycles. The molecule has 0 aliphatic heterocycles. The summed E-state index contributed by atoms with van der Waals surface area (Å²) in [4.78, 5) is 20.4. The summed E-state index contributed by atoms with van der Waals surface area (Å²) < 4.78 is 0. The molecule has 6 rings (SSSR count). The van der Waals surface area contributed by atoms with Gasteiger partial charge in [0.1, 0.15) is 0 Å². The fourth-order valence-corrected chi connectivity index (χ4v) is 9.83. The van der Waals surface area contributed by atoms with Crippen LogP contribution in [-0.4, -0.2) is 33.4 Å². The second-order valence-electron chi connectivity index (χ2n) is 15.5. The zero-order chi connectivity index (χ0) is 33.5. The van der Waals surface area contributed by atoms with E-state index in [0.717, 1.165) is 48.3 Å². The van der Waals surface area contributed by atoms with Crippen LogP contribution in [0.4, 0.5) is 0 Å². The number of allylic oxidation sites excluding steroid dienone is 1. The summed E-state index contributed by atoms with van der Waals surface area (Å²) in [5, 5.41) is 27.0. The van der Waals surface area contributed by atoms with Crippen LogP contribution in [-0.2, 0) is 0 Å². The van der Waals surface area contributed by atoms with Gasteiger partial charge in [0.05, 0.1) is 17.2 Å². The summed E-state index contributed by atoms with van der Waals surface area (Å²) in [6, 6.07) is 16.6. The highest BCUT2D eigenvalue weighted by molar-refractivity contribution is 5.87. The molecule has 4 aliphatic carbocycles. The van der Waals surface area contributed by atoms with Crippen LogP contribution < -0.4 is 0 Å². The van der Waals surface area contributed by atoms with Gasteiger partial charge in [-0.05, 0) is 122 Å². The molecule has 0 saturated heterocycles. The maximum absolute atomic E-state index is 10.2. The van der Waals surface area contributed by atoms with Crippen LogP contribution in [0.1, 0.15) is 126 Å². The highest BCUT2D eigenvalue weighted by atomic mass is 16.4. The van der Waals surface area contributed by atoms with E-state index in [4.69, 9.17) is 10.2 Å². The Bertz CT molecular complexity index is 1250. The number of benzene rings is 2. The van der Waals surface area contributed by atoms with Crippen molar-refractivity contribution in [3.05, 3.63) is 83.4 Å². The minimum atomic E-state index is -0.879. The Labute approximate surface area is 277 Å². The molecule has 2 aromatic rings. The van der Waals surface area contributed by atoms with Crippen LogP contribution in [0.15, 0.2) is 72.3 Å². The summed E-state index contributed by atoms with van der Waals surface area (Å²) in [5.41, 5.74) is 3.27. The first-order valence-corrected chi connectivity index (χ1v) is 17.8. The average molecular weight is 631 g/mol. The third kappa shape index (κ3) is 8.32. The summed E-state index contributed by atoms with van der Waals surface area (Å²) in [6.45, 7) is 12.6. The fraction of sp³-hybridized carbons (Fsp3) is 0.610. The molecule has 3 N–H and O–H groups in total. The van der Waals surface area contributed by atoms with Gasteiger partial charge in [-0.1, -0.05) is 102 Å². The second-order valence-corrected chi connectivity index (χ2v) is 15.5. The van der Waals surface area contributed by atoms with Gasteiger partial charge in [-0.2, -0.15) is 0 Å².